The summed E-state index contributed by atoms with van der Waals surface area (Å²) in [5.41, 5.74) is -0.528. The van der Waals surface area contributed by atoms with Crippen LogP contribution in [-0.2, 0) is 9.59 Å². The molecule has 4 aliphatic carbocycles. The molecule has 0 unspecified atom stereocenters. The average molecular weight is 613 g/mol. The Morgan fingerprint density at radius 1 is 1.18 bits per heavy atom. The molecule has 4 aliphatic rings. The molecule has 0 radical (unpaired) electrons. The number of hydrogen-bond donors (Lipinski definition) is 4. The van der Waals surface area contributed by atoms with E-state index in [0.717, 1.165) is 47.2 Å². The zero-order chi connectivity index (χ0) is 28.1. The van der Waals surface area contributed by atoms with E-state index in [1.165, 1.54) is 17.3 Å². The Bertz CT molecular complexity index is 1420. The minimum Gasteiger partial charge on any atom is -0.506 e. The lowest BCUT2D eigenvalue weighted by atomic mass is 9.44. The van der Waals surface area contributed by atoms with Crippen molar-refractivity contribution in [2.45, 2.75) is 50.3 Å². The molecule has 0 heterocycles. The average Bonchev–Trinajstić information content (AvgIpc) is 2.89. The lowest BCUT2D eigenvalue weighted by Crippen LogP contribution is -2.55. The summed E-state index contributed by atoms with van der Waals surface area (Å²) in [7, 11) is 0. The summed E-state index contributed by atoms with van der Waals surface area (Å²) < 4.78 is 0.957. The largest absolute Gasteiger partial charge is 0.506 e. The number of Topliss-reactive ketones (excluding diaryl/α,β-unsaturated/α-hetero) is 1. The Morgan fingerprint density at radius 2 is 1.90 bits per heavy atom. The highest BCUT2D eigenvalue weighted by atomic mass is 79.9. The van der Waals surface area contributed by atoms with Gasteiger partial charge in [-0.05, 0) is 85.8 Å². The molecule has 1 spiro atoms. The number of aromatic hydroxyl groups is 2. The van der Waals surface area contributed by atoms with Crippen LogP contribution in [0.3, 0.4) is 0 Å². The fraction of sp³-hybridized carbons (Fsp3) is 0.367. The fourth-order valence-corrected chi connectivity index (χ4v) is 8.14. The number of phenols is 2. The Kier molecular flexibility index (Phi) is 7.18. The van der Waals surface area contributed by atoms with Crippen LogP contribution in [0.25, 0.3) is 0 Å². The number of fused-ring (bicyclic) bond motifs is 2. The lowest BCUT2D eigenvalue weighted by molar-refractivity contribution is -0.136. The number of ketones is 1. The van der Waals surface area contributed by atoms with Crippen LogP contribution in [0.4, 0.5) is 5.69 Å². The second-order valence-electron chi connectivity index (χ2n) is 11.1. The molecule has 4 atom stereocenters. The number of carbonyl (C=O) groups excluding carboxylic acids is 2. The molecule has 9 heteroatoms. The number of hydrogen-bond acceptors (Lipinski definition) is 6. The number of aromatic carboxylic acids is 1. The molecule has 0 aromatic heterocycles. The van der Waals surface area contributed by atoms with Gasteiger partial charge in [-0.1, -0.05) is 52.8 Å². The zero-order valence-corrected chi connectivity index (χ0v) is 23.9. The smallest absolute Gasteiger partial charge is 0.339 e. The van der Waals surface area contributed by atoms with Gasteiger partial charge in [0.15, 0.2) is 11.5 Å². The highest BCUT2D eigenvalue weighted by molar-refractivity contribution is 9.10. The van der Waals surface area contributed by atoms with Crippen LogP contribution in [0.15, 0.2) is 68.9 Å². The number of carboxylic acids is 1. The number of rotatable bonds is 7. The van der Waals surface area contributed by atoms with Gasteiger partial charge in [0, 0.05) is 21.2 Å². The van der Waals surface area contributed by atoms with Gasteiger partial charge in [0.2, 0.25) is 5.91 Å². The van der Waals surface area contributed by atoms with Crippen molar-refractivity contribution in [3.63, 3.8) is 0 Å². The maximum Gasteiger partial charge on any atom is 0.339 e. The Balaban J connectivity index is 1.42. The van der Waals surface area contributed by atoms with Crippen molar-refractivity contribution in [2.75, 3.05) is 5.32 Å². The van der Waals surface area contributed by atoms with Crippen LogP contribution < -0.4 is 5.32 Å². The molecule has 2 bridgehead atoms. The minimum atomic E-state index is -1.38. The number of carboxylic acid groups (broad SMARTS) is 1. The summed E-state index contributed by atoms with van der Waals surface area (Å²) in [4.78, 5) is 40.2. The number of anilines is 1. The summed E-state index contributed by atoms with van der Waals surface area (Å²) in [5, 5.41) is 32.2. The van der Waals surface area contributed by atoms with Crippen molar-refractivity contribution in [1.29, 1.82) is 0 Å². The van der Waals surface area contributed by atoms with Crippen molar-refractivity contribution in [1.82, 2.24) is 0 Å². The number of phenolic OH excluding ortho intramolecular Hbond substituents is 1. The molecular formula is C30H30BrNO6S. The van der Waals surface area contributed by atoms with Crippen molar-refractivity contribution in [3.8, 4) is 11.5 Å². The summed E-state index contributed by atoms with van der Waals surface area (Å²) >= 11 is 4.91. The molecule has 4 N–H and O–H groups in total. The molecule has 7 nitrogen and oxygen atoms in total. The standard InChI is InChI=1S/C30H30BrNO6S/c1-16-14-30-12-9-17(16)13-23(30)29(2,27(36)22(15-30)39-19-5-3-18(31)4-6-19)11-10-24(34)32-25-21(33)8-7-20(26(25)35)28(37)38/h3-8,15,17,23,33,35H,1,9-14H2,2H3,(H,32,34)(H,37,38)/t17-,23+,29+,30-/m1/s1. The first-order valence-corrected chi connectivity index (χ1v) is 14.5. The van der Waals surface area contributed by atoms with Crippen LogP contribution in [0.2, 0.25) is 0 Å². The third-order valence-electron chi connectivity index (χ3n) is 8.80. The van der Waals surface area contributed by atoms with E-state index in [0.29, 0.717) is 10.8 Å². The summed E-state index contributed by atoms with van der Waals surface area (Å²) in [6.07, 6.45) is 6.15. The van der Waals surface area contributed by atoms with Crippen molar-refractivity contribution < 1.29 is 29.7 Å². The van der Waals surface area contributed by atoms with E-state index in [1.807, 2.05) is 31.2 Å². The molecule has 2 aromatic carbocycles. The summed E-state index contributed by atoms with van der Waals surface area (Å²) in [6.45, 7) is 6.31. The number of thioether (sulfide) groups is 1. The van der Waals surface area contributed by atoms with Gasteiger partial charge in [0.1, 0.15) is 17.0 Å². The van der Waals surface area contributed by atoms with E-state index in [-0.39, 0.29) is 35.6 Å². The van der Waals surface area contributed by atoms with Crippen LogP contribution in [-0.4, -0.2) is 33.0 Å². The highest BCUT2D eigenvalue weighted by Gasteiger charge is 2.60. The molecule has 1 amide bonds. The van der Waals surface area contributed by atoms with E-state index in [2.05, 4.69) is 33.9 Å². The van der Waals surface area contributed by atoms with Crippen molar-refractivity contribution in [2.24, 2.45) is 22.7 Å². The Morgan fingerprint density at radius 3 is 2.56 bits per heavy atom. The van der Waals surface area contributed by atoms with Gasteiger partial charge in [0.25, 0.3) is 0 Å². The van der Waals surface area contributed by atoms with Crippen LogP contribution in [0.1, 0.15) is 55.8 Å². The first kappa shape index (κ1) is 27.5. The van der Waals surface area contributed by atoms with Crippen LogP contribution in [0, 0.1) is 22.7 Å². The van der Waals surface area contributed by atoms with Crippen molar-refractivity contribution >= 4 is 51.0 Å². The SMILES string of the molecule is C=C1C[C@]23C=C(Sc4ccc(Br)cc4)C(=O)[C@@](C)(CCC(=O)Nc4c(O)ccc(C(=O)O)c4O)[C@@H]2C[C@H]1CC3. The van der Waals surface area contributed by atoms with E-state index < -0.39 is 34.4 Å². The minimum absolute atomic E-state index is 0.0237. The molecule has 0 aliphatic heterocycles. The monoisotopic (exact) mass is 611 g/mol. The number of nitrogens with one attached hydrogen (secondary N) is 1. The Labute approximate surface area is 239 Å². The van der Waals surface area contributed by atoms with Gasteiger partial charge < -0.3 is 20.6 Å². The fourth-order valence-electron chi connectivity index (χ4n) is 6.73. The van der Waals surface area contributed by atoms with Gasteiger partial charge >= 0.3 is 5.97 Å². The Hall–Kier alpha value is -3.04. The zero-order valence-electron chi connectivity index (χ0n) is 21.5. The second kappa shape index (κ2) is 10.2. The number of amides is 1. The first-order chi connectivity index (χ1) is 18.4. The number of carbonyl (C=O) groups is 3. The molecule has 6 rings (SSSR count). The molecule has 39 heavy (non-hydrogen) atoms. The summed E-state index contributed by atoms with van der Waals surface area (Å²) in [5.74, 6) is -2.59. The maximum absolute atomic E-state index is 14.1. The van der Waals surface area contributed by atoms with E-state index in [1.54, 1.807) is 0 Å². The van der Waals surface area contributed by atoms with Gasteiger partial charge in [-0.3, -0.25) is 9.59 Å². The third kappa shape index (κ3) is 4.91. The number of allylic oxidation sites excluding steroid dienone is 3. The molecule has 3 saturated carbocycles. The van der Waals surface area contributed by atoms with Crippen LogP contribution in [0.5, 0.6) is 11.5 Å². The van der Waals surface area contributed by atoms with E-state index in [4.69, 9.17) is 0 Å². The second-order valence-corrected chi connectivity index (χ2v) is 13.1. The quantitative estimate of drug-likeness (QED) is 0.198. The van der Waals surface area contributed by atoms with Gasteiger partial charge in [-0.2, -0.15) is 0 Å². The molecule has 204 valence electrons. The first-order valence-electron chi connectivity index (χ1n) is 12.9. The third-order valence-corrected chi connectivity index (χ3v) is 10.4. The predicted molar refractivity (Wildman–Crippen MR) is 153 cm³/mol. The topological polar surface area (TPSA) is 124 Å². The number of halogens is 1. The van der Waals surface area contributed by atoms with Crippen molar-refractivity contribution in [3.05, 3.63) is 69.6 Å². The van der Waals surface area contributed by atoms with Gasteiger partial charge in [-0.15, -0.1) is 0 Å². The van der Waals surface area contributed by atoms with Crippen LogP contribution >= 0.6 is 27.7 Å². The molecule has 0 saturated heterocycles. The highest BCUT2D eigenvalue weighted by Crippen LogP contribution is 2.66. The number of benzene rings is 2. The molecular weight excluding hydrogens is 582 g/mol. The molecule has 2 aromatic rings. The maximum atomic E-state index is 14.1. The van der Waals surface area contributed by atoms with E-state index in [9.17, 15) is 29.7 Å². The van der Waals surface area contributed by atoms with Gasteiger partial charge in [0.05, 0.1) is 4.91 Å². The van der Waals surface area contributed by atoms with E-state index >= 15 is 0 Å². The predicted octanol–water partition coefficient (Wildman–Crippen LogP) is 6.91. The van der Waals surface area contributed by atoms with Gasteiger partial charge in [-0.25, -0.2) is 4.79 Å². The normalized spacial score (nSPS) is 27.6. The summed E-state index contributed by atoms with van der Waals surface area (Å²) in [6, 6.07) is 10.00. The molecule has 3 fully saturated rings. The lowest BCUT2D eigenvalue weighted by Gasteiger charge is -2.59.